The molecule has 0 aromatic heterocycles. The summed E-state index contributed by atoms with van der Waals surface area (Å²) in [4.78, 5) is 0. The molecule has 0 amide bonds. The van der Waals surface area contributed by atoms with Gasteiger partial charge >= 0.3 is 0 Å². The van der Waals surface area contributed by atoms with Gasteiger partial charge in [-0.15, -0.1) is 0 Å². The second-order valence-corrected chi connectivity index (χ2v) is 6.01. The standard InChI is InChI=1S/C13H19BrClNO/c1-9(8-13(2,3)17-4)16-11-7-5-6-10(15)12(11)14/h5-7,9,16H,8H2,1-4H3. The van der Waals surface area contributed by atoms with Crippen molar-refractivity contribution in [3.63, 3.8) is 0 Å². The molecule has 17 heavy (non-hydrogen) atoms. The molecule has 0 aliphatic rings. The average Bonchev–Trinajstić information content (AvgIpc) is 2.24. The van der Waals surface area contributed by atoms with Crippen LogP contribution in [0.15, 0.2) is 22.7 Å². The van der Waals surface area contributed by atoms with Gasteiger partial charge in [0.25, 0.3) is 0 Å². The number of rotatable bonds is 5. The van der Waals surface area contributed by atoms with Crippen LogP contribution in [-0.2, 0) is 4.74 Å². The van der Waals surface area contributed by atoms with E-state index >= 15 is 0 Å². The molecule has 4 heteroatoms. The van der Waals surface area contributed by atoms with E-state index in [0.717, 1.165) is 16.6 Å². The minimum atomic E-state index is -0.128. The normalized spacial score (nSPS) is 13.5. The van der Waals surface area contributed by atoms with Crippen LogP contribution >= 0.6 is 27.5 Å². The first kappa shape index (κ1) is 14.8. The third kappa shape index (κ3) is 4.49. The SMILES string of the molecule is COC(C)(C)CC(C)Nc1cccc(Cl)c1Br. The molecule has 0 heterocycles. The lowest BCUT2D eigenvalue weighted by atomic mass is 10.00. The number of hydrogen-bond donors (Lipinski definition) is 1. The highest BCUT2D eigenvalue weighted by Crippen LogP contribution is 2.31. The molecule has 0 saturated heterocycles. The second kappa shape index (κ2) is 6.07. The maximum Gasteiger partial charge on any atom is 0.0642 e. The summed E-state index contributed by atoms with van der Waals surface area (Å²) < 4.78 is 6.33. The smallest absolute Gasteiger partial charge is 0.0642 e. The highest BCUT2D eigenvalue weighted by atomic mass is 79.9. The first-order chi connectivity index (χ1) is 7.85. The van der Waals surface area contributed by atoms with Gasteiger partial charge in [-0.1, -0.05) is 17.7 Å². The van der Waals surface area contributed by atoms with Gasteiger partial charge in [0.2, 0.25) is 0 Å². The van der Waals surface area contributed by atoms with Crippen molar-refractivity contribution in [2.24, 2.45) is 0 Å². The van der Waals surface area contributed by atoms with E-state index in [2.05, 4.69) is 42.0 Å². The maximum atomic E-state index is 6.05. The molecule has 0 radical (unpaired) electrons. The Bertz CT molecular complexity index is 382. The molecule has 0 aliphatic heterocycles. The molecule has 2 nitrogen and oxygen atoms in total. The number of hydrogen-bond acceptors (Lipinski definition) is 2. The summed E-state index contributed by atoms with van der Waals surface area (Å²) in [5.74, 6) is 0. The van der Waals surface area contributed by atoms with Crippen molar-refractivity contribution < 1.29 is 4.74 Å². The second-order valence-electron chi connectivity index (χ2n) is 4.81. The predicted octanol–water partition coefficient (Wildman–Crippen LogP) is 4.72. The van der Waals surface area contributed by atoms with Crippen LogP contribution in [0.1, 0.15) is 27.2 Å². The summed E-state index contributed by atoms with van der Waals surface area (Å²) >= 11 is 9.53. The Hall–Kier alpha value is -0.250. The molecule has 0 bridgehead atoms. The van der Waals surface area contributed by atoms with Crippen molar-refractivity contribution in [3.8, 4) is 0 Å². The van der Waals surface area contributed by atoms with E-state index in [0.29, 0.717) is 11.1 Å². The van der Waals surface area contributed by atoms with Crippen molar-refractivity contribution >= 4 is 33.2 Å². The van der Waals surface area contributed by atoms with Gasteiger partial charge in [0.05, 0.1) is 20.8 Å². The van der Waals surface area contributed by atoms with Crippen LogP contribution in [0.4, 0.5) is 5.69 Å². The molecule has 1 aromatic rings. The highest BCUT2D eigenvalue weighted by Gasteiger charge is 2.20. The Kier molecular flexibility index (Phi) is 5.29. The topological polar surface area (TPSA) is 21.3 Å². The molecule has 1 atom stereocenters. The van der Waals surface area contributed by atoms with Crippen LogP contribution in [0.3, 0.4) is 0 Å². The van der Waals surface area contributed by atoms with Gasteiger partial charge in [0.15, 0.2) is 0 Å². The third-order valence-corrected chi connectivity index (χ3v) is 4.10. The van der Waals surface area contributed by atoms with Crippen LogP contribution in [0.25, 0.3) is 0 Å². The van der Waals surface area contributed by atoms with Gasteiger partial charge in [0.1, 0.15) is 0 Å². The monoisotopic (exact) mass is 319 g/mol. The van der Waals surface area contributed by atoms with Crippen LogP contribution in [-0.4, -0.2) is 18.8 Å². The summed E-state index contributed by atoms with van der Waals surface area (Å²) in [6.07, 6.45) is 0.919. The predicted molar refractivity (Wildman–Crippen MR) is 77.9 cm³/mol. The molecule has 1 aromatic carbocycles. The van der Waals surface area contributed by atoms with Gasteiger partial charge < -0.3 is 10.1 Å². The molecule has 0 saturated carbocycles. The Labute approximate surface area is 117 Å². The highest BCUT2D eigenvalue weighted by molar-refractivity contribution is 9.10. The molecule has 0 aliphatic carbocycles. The minimum absolute atomic E-state index is 0.128. The van der Waals surface area contributed by atoms with E-state index in [1.165, 1.54) is 0 Å². The summed E-state index contributed by atoms with van der Waals surface area (Å²) in [5, 5.41) is 4.15. The van der Waals surface area contributed by atoms with Crippen molar-refractivity contribution in [3.05, 3.63) is 27.7 Å². The van der Waals surface area contributed by atoms with E-state index < -0.39 is 0 Å². The van der Waals surface area contributed by atoms with Crippen molar-refractivity contribution in [2.45, 2.75) is 38.8 Å². The molecular formula is C13H19BrClNO. The summed E-state index contributed by atoms with van der Waals surface area (Å²) in [6, 6.07) is 6.11. The molecule has 0 fully saturated rings. The molecule has 1 N–H and O–H groups in total. The number of methoxy groups -OCH3 is 1. The molecule has 1 rings (SSSR count). The molecule has 96 valence electrons. The Morgan fingerprint density at radius 3 is 2.71 bits per heavy atom. The van der Waals surface area contributed by atoms with Crippen molar-refractivity contribution in [1.82, 2.24) is 0 Å². The zero-order chi connectivity index (χ0) is 13.1. The van der Waals surface area contributed by atoms with Crippen LogP contribution in [0.2, 0.25) is 5.02 Å². The van der Waals surface area contributed by atoms with Crippen molar-refractivity contribution in [2.75, 3.05) is 12.4 Å². The lowest BCUT2D eigenvalue weighted by Gasteiger charge is -2.28. The van der Waals surface area contributed by atoms with Gasteiger partial charge in [-0.25, -0.2) is 0 Å². The zero-order valence-corrected chi connectivity index (χ0v) is 13.0. The first-order valence-electron chi connectivity index (χ1n) is 5.61. The van der Waals surface area contributed by atoms with Gasteiger partial charge in [-0.3, -0.25) is 0 Å². The third-order valence-electron chi connectivity index (χ3n) is 2.70. The van der Waals surface area contributed by atoms with E-state index in [1.807, 2.05) is 18.2 Å². The lowest BCUT2D eigenvalue weighted by Crippen LogP contribution is -2.31. The fraction of sp³-hybridized carbons (Fsp3) is 0.538. The van der Waals surface area contributed by atoms with E-state index in [9.17, 15) is 0 Å². The number of anilines is 1. The average molecular weight is 321 g/mol. The maximum absolute atomic E-state index is 6.05. The number of nitrogens with one attached hydrogen (secondary N) is 1. The quantitative estimate of drug-likeness (QED) is 0.847. The molecule has 1 unspecified atom stereocenters. The van der Waals surface area contributed by atoms with Crippen molar-refractivity contribution in [1.29, 1.82) is 0 Å². The van der Waals surface area contributed by atoms with Gasteiger partial charge in [-0.05, 0) is 55.3 Å². The fourth-order valence-corrected chi connectivity index (χ4v) is 2.31. The zero-order valence-electron chi connectivity index (χ0n) is 10.7. The number of ether oxygens (including phenoxy) is 1. The minimum Gasteiger partial charge on any atom is -0.382 e. The van der Waals surface area contributed by atoms with E-state index in [1.54, 1.807) is 7.11 Å². The fourth-order valence-electron chi connectivity index (χ4n) is 1.75. The Morgan fingerprint density at radius 2 is 2.12 bits per heavy atom. The van der Waals surface area contributed by atoms with E-state index in [4.69, 9.17) is 16.3 Å². The van der Waals surface area contributed by atoms with Gasteiger partial charge in [0, 0.05) is 13.2 Å². The van der Waals surface area contributed by atoms with Crippen LogP contribution in [0, 0.1) is 0 Å². The summed E-state index contributed by atoms with van der Waals surface area (Å²) in [7, 11) is 1.74. The Balaban J connectivity index is 2.68. The largest absolute Gasteiger partial charge is 0.382 e. The molecular weight excluding hydrogens is 302 g/mol. The first-order valence-corrected chi connectivity index (χ1v) is 6.78. The van der Waals surface area contributed by atoms with Gasteiger partial charge in [-0.2, -0.15) is 0 Å². The number of halogens is 2. The summed E-state index contributed by atoms with van der Waals surface area (Å²) in [5.41, 5.74) is 0.884. The van der Waals surface area contributed by atoms with E-state index in [-0.39, 0.29) is 5.60 Å². The Morgan fingerprint density at radius 1 is 1.47 bits per heavy atom. The number of benzene rings is 1. The molecule has 0 spiro atoms. The lowest BCUT2D eigenvalue weighted by molar-refractivity contribution is 0.0128. The van der Waals surface area contributed by atoms with Crippen LogP contribution in [0.5, 0.6) is 0 Å². The summed E-state index contributed by atoms with van der Waals surface area (Å²) in [6.45, 7) is 6.30. The van der Waals surface area contributed by atoms with Crippen LogP contribution < -0.4 is 5.32 Å².